The Bertz CT molecular complexity index is 785. The summed E-state index contributed by atoms with van der Waals surface area (Å²) in [6.07, 6.45) is 9.20. The van der Waals surface area contributed by atoms with Crippen LogP contribution in [0.4, 0.5) is 5.69 Å². The highest BCUT2D eigenvalue weighted by atomic mass is 16.5. The largest absolute Gasteiger partial charge is 0.462 e. The van der Waals surface area contributed by atoms with Crippen molar-refractivity contribution in [2.24, 2.45) is 5.92 Å². The fourth-order valence-electron chi connectivity index (χ4n) is 3.90. The summed E-state index contributed by atoms with van der Waals surface area (Å²) in [5.74, 6) is 0.516. The maximum Gasteiger partial charge on any atom is 0.340 e. The number of ether oxygens (including phenoxy) is 1. The Morgan fingerprint density at radius 1 is 1.29 bits per heavy atom. The van der Waals surface area contributed by atoms with E-state index in [4.69, 9.17) is 4.74 Å². The topological polar surface area (TPSA) is 51.2 Å². The summed E-state index contributed by atoms with van der Waals surface area (Å²) >= 11 is 0. The molecule has 24 heavy (non-hydrogen) atoms. The molecule has 0 spiro atoms. The van der Waals surface area contributed by atoms with Crippen LogP contribution in [-0.2, 0) is 4.74 Å². The Kier molecular flexibility index (Phi) is 3.81. The molecule has 0 fully saturated rings. The predicted molar refractivity (Wildman–Crippen MR) is 93.0 cm³/mol. The molecule has 1 aliphatic carbocycles. The number of anilines is 1. The Morgan fingerprint density at radius 3 is 2.92 bits per heavy atom. The summed E-state index contributed by atoms with van der Waals surface area (Å²) < 4.78 is 5.24. The first-order valence-electron chi connectivity index (χ1n) is 8.42. The molecule has 0 amide bonds. The molecule has 1 N–H and O–H groups in total. The fourth-order valence-corrected chi connectivity index (χ4v) is 3.90. The summed E-state index contributed by atoms with van der Waals surface area (Å²) in [6.45, 7) is 2.21. The molecule has 4 nitrogen and oxygen atoms in total. The van der Waals surface area contributed by atoms with Gasteiger partial charge >= 0.3 is 5.97 Å². The Hall–Kier alpha value is -2.62. The highest BCUT2D eigenvalue weighted by molar-refractivity contribution is 5.97. The van der Waals surface area contributed by atoms with E-state index in [0.29, 0.717) is 24.0 Å². The van der Waals surface area contributed by atoms with Crippen molar-refractivity contribution in [1.29, 1.82) is 0 Å². The highest BCUT2D eigenvalue weighted by Crippen LogP contribution is 2.50. The summed E-state index contributed by atoms with van der Waals surface area (Å²) in [4.78, 5) is 16.5. The smallest absolute Gasteiger partial charge is 0.340 e. The van der Waals surface area contributed by atoms with Gasteiger partial charge in [-0.1, -0.05) is 24.3 Å². The zero-order chi connectivity index (χ0) is 16.5. The van der Waals surface area contributed by atoms with E-state index in [-0.39, 0.29) is 12.0 Å². The van der Waals surface area contributed by atoms with Crippen LogP contribution >= 0.6 is 0 Å². The number of fused-ring (bicyclic) bond motifs is 3. The van der Waals surface area contributed by atoms with Crippen molar-refractivity contribution < 1.29 is 9.53 Å². The van der Waals surface area contributed by atoms with Gasteiger partial charge in [0.25, 0.3) is 0 Å². The van der Waals surface area contributed by atoms with Gasteiger partial charge in [-0.05, 0) is 48.6 Å². The zero-order valence-electron chi connectivity index (χ0n) is 13.6. The number of carbonyl (C=O) groups excluding carboxylic acids is 1. The van der Waals surface area contributed by atoms with Crippen molar-refractivity contribution in [1.82, 2.24) is 4.98 Å². The van der Waals surface area contributed by atoms with Crippen molar-refractivity contribution in [2.75, 3.05) is 11.9 Å². The number of hydrogen-bond donors (Lipinski definition) is 1. The lowest BCUT2D eigenvalue weighted by molar-refractivity contribution is 0.0527. The lowest BCUT2D eigenvalue weighted by Gasteiger charge is -2.38. The van der Waals surface area contributed by atoms with Crippen molar-refractivity contribution in [3.05, 3.63) is 71.6 Å². The number of benzene rings is 1. The molecule has 2 aliphatic rings. The lowest BCUT2D eigenvalue weighted by atomic mass is 9.76. The fraction of sp³-hybridized carbons (Fsp3) is 0.300. The van der Waals surface area contributed by atoms with Crippen LogP contribution in [0.15, 0.2) is 54.9 Å². The molecule has 1 aromatic heterocycles. The Morgan fingerprint density at radius 2 is 2.12 bits per heavy atom. The van der Waals surface area contributed by atoms with E-state index in [1.807, 2.05) is 43.6 Å². The molecule has 0 saturated heterocycles. The molecule has 1 aromatic carbocycles. The normalized spacial score (nSPS) is 24.0. The molecule has 122 valence electrons. The monoisotopic (exact) mass is 320 g/mol. The van der Waals surface area contributed by atoms with E-state index in [1.165, 1.54) is 11.1 Å². The van der Waals surface area contributed by atoms with E-state index in [2.05, 4.69) is 28.5 Å². The van der Waals surface area contributed by atoms with Gasteiger partial charge in [0.15, 0.2) is 0 Å². The van der Waals surface area contributed by atoms with E-state index < -0.39 is 0 Å². The van der Waals surface area contributed by atoms with Gasteiger partial charge in [-0.2, -0.15) is 0 Å². The average molecular weight is 320 g/mol. The number of rotatable bonds is 3. The van der Waals surface area contributed by atoms with Crippen LogP contribution in [-0.4, -0.2) is 17.6 Å². The summed E-state index contributed by atoms with van der Waals surface area (Å²) in [5.41, 5.74) is 3.91. The summed E-state index contributed by atoms with van der Waals surface area (Å²) in [6, 6.07) is 10.2. The number of nitrogens with zero attached hydrogens (tertiary/aromatic N) is 1. The van der Waals surface area contributed by atoms with Crippen LogP contribution < -0.4 is 5.32 Å². The Balaban J connectivity index is 1.80. The number of aromatic nitrogens is 1. The third-order valence-corrected chi connectivity index (χ3v) is 4.96. The van der Waals surface area contributed by atoms with E-state index >= 15 is 0 Å². The minimum absolute atomic E-state index is 0.163. The molecule has 4 heteroatoms. The molecule has 0 saturated carbocycles. The predicted octanol–water partition coefficient (Wildman–Crippen LogP) is 4.08. The number of hydrogen-bond acceptors (Lipinski definition) is 4. The van der Waals surface area contributed by atoms with E-state index in [1.54, 1.807) is 0 Å². The number of para-hydroxylation sites is 1. The van der Waals surface area contributed by atoms with Gasteiger partial charge in [-0.25, -0.2) is 4.79 Å². The third kappa shape index (κ3) is 2.39. The molecule has 1 aliphatic heterocycles. The van der Waals surface area contributed by atoms with Gasteiger partial charge in [0, 0.05) is 18.3 Å². The second kappa shape index (κ2) is 6.11. The average Bonchev–Trinajstić information content (AvgIpc) is 3.11. The van der Waals surface area contributed by atoms with Crippen molar-refractivity contribution in [3.63, 3.8) is 0 Å². The van der Waals surface area contributed by atoms with Crippen LogP contribution in [0, 0.1) is 5.92 Å². The number of allylic oxidation sites excluding steroid dienone is 2. The van der Waals surface area contributed by atoms with Gasteiger partial charge in [-0.3, -0.25) is 4.98 Å². The molecular formula is C20H20N2O2. The number of esters is 1. The van der Waals surface area contributed by atoms with Crippen LogP contribution in [0.25, 0.3) is 0 Å². The highest BCUT2D eigenvalue weighted by Gasteiger charge is 2.39. The first-order chi connectivity index (χ1) is 11.8. The maximum absolute atomic E-state index is 12.4. The maximum atomic E-state index is 12.4. The lowest BCUT2D eigenvalue weighted by Crippen LogP contribution is -2.30. The minimum Gasteiger partial charge on any atom is -0.462 e. The van der Waals surface area contributed by atoms with Gasteiger partial charge in [0.1, 0.15) is 0 Å². The first-order valence-corrected chi connectivity index (χ1v) is 8.42. The molecule has 2 heterocycles. The van der Waals surface area contributed by atoms with Crippen LogP contribution in [0.1, 0.15) is 46.8 Å². The van der Waals surface area contributed by atoms with Crippen LogP contribution in [0.2, 0.25) is 0 Å². The standard InChI is InChI=1S/C20H20N2O2/c1-2-24-20(23)17-8-4-7-16-14-5-3-6-15(14)18(22-19(16)17)13-9-11-21-12-10-13/h3-5,7-12,14-15,18,22H,2,6H2,1H3/t14-,15+,18+/m0/s1. The van der Waals surface area contributed by atoms with Crippen LogP contribution in [0.3, 0.4) is 0 Å². The van der Waals surface area contributed by atoms with Crippen molar-refractivity contribution >= 4 is 11.7 Å². The molecule has 2 aromatic rings. The molecule has 4 rings (SSSR count). The molecule has 3 atom stereocenters. The molecular weight excluding hydrogens is 300 g/mol. The van der Waals surface area contributed by atoms with Gasteiger partial charge in [-0.15, -0.1) is 0 Å². The molecule has 0 radical (unpaired) electrons. The van der Waals surface area contributed by atoms with Crippen molar-refractivity contribution in [3.8, 4) is 0 Å². The SMILES string of the molecule is CCOC(=O)c1cccc2c1N[C@H](c1ccncc1)[C@@H]1CC=C[C@H]21. The second-order valence-electron chi connectivity index (χ2n) is 6.25. The molecule has 0 unspecified atom stereocenters. The van der Waals surface area contributed by atoms with E-state index in [9.17, 15) is 4.79 Å². The van der Waals surface area contributed by atoms with Gasteiger partial charge < -0.3 is 10.1 Å². The van der Waals surface area contributed by atoms with Gasteiger partial charge in [0.2, 0.25) is 0 Å². The van der Waals surface area contributed by atoms with E-state index in [0.717, 1.165) is 12.1 Å². The second-order valence-corrected chi connectivity index (χ2v) is 6.25. The van der Waals surface area contributed by atoms with Crippen molar-refractivity contribution in [2.45, 2.75) is 25.3 Å². The summed E-state index contributed by atoms with van der Waals surface area (Å²) in [5, 5.41) is 3.62. The summed E-state index contributed by atoms with van der Waals surface area (Å²) in [7, 11) is 0. The number of nitrogens with one attached hydrogen (secondary N) is 1. The molecule has 0 bridgehead atoms. The number of carbonyl (C=O) groups is 1. The minimum atomic E-state index is -0.268. The Labute approximate surface area is 141 Å². The van der Waals surface area contributed by atoms with Gasteiger partial charge in [0.05, 0.1) is 23.9 Å². The number of pyridine rings is 1. The zero-order valence-corrected chi connectivity index (χ0v) is 13.6. The quantitative estimate of drug-likeness (QED) is 0.684. The van der Waals surface area contributed by atoms with Crippen LogP contribution in [0.5, 0.6) is 0 Å². The first kappa shape index (κ1) is 14.9. The third-order valence-electron chi connectivity index (χ3n) is 4.96.